The van der Waals surface area contributed by atoms with Gasteiger partial charge in [-0.05, 0) is 31.6 Å². The molecule has 3 N–H and O–H groups in total. The van der Waals surface area contributed by atoms with E-state index in [1.165, 1.54) is 4.31 Å². The molecule has 0 amide bonds. The highest BCUT2D eigenvalue weighted by molar-refractivity contribution is 7.87. The molecule has 1 saturated carbocycles. The summed E-state index contributed by atoms with van der Waals surface area (Å²) in [4.78, 5) is 0. The van der Waals surface area contributed by atoms with Crippen LogP contribution in [0.2, 0.25) is 0 Å². The van der Waals surface area contributed by atoms with E-state index in [2.05, 4.69) is 17.0 Å². The first-order chi connectivity index (χ1) is 9.45. The molecule has 2 rings (SSSR count). The first-order valence-corrected chi connectivity index (χ1v) is 9.07. The SMILES string of the molecule is CCC1CCC(O)(CNS(=O)(=O)N2CCNCC2)CC1. The van der Waals surface area contributed by atoms with Gasteiger partial charge in [-0.3, -0.25) is 0 Å². The van der Waals surface area contributed by atoms with Crippen molar-refractivity contribution >= 4 is 10.2 Å². The summed E-state index contributed by atoms with van der Waals surface area (Å²) < 4.78 is 28.4. The molecule has 1 heterocycles. The van der Waals surface area contributed by atoms with Crippen LogP contribution in [0.4, 0.5) is 0 Å². The van der Waals surface area contributed by atoms with Gasteiger partial charge in [0.25, 0.3) is 10.2 Å². The Morgan fingerprint density at radius 3 is 2.45 bits per heavy atom. The zero-order valence-electron chi connectivity index (χ0n) is 12.3. The van der Waals surface area contributed by atoms with Crippen molar-refractivity contribution in [2.75, 3.05) is 32.7 Å². The van der Waals surface area contributed by atoms with Gasteiger partial charge in [-0.25, -0.2) is 0 Å². The predicted octanol–water partition coefficient (Wildman–Crippen LogP) is 0.0573. The van der Waals surface area contributed by atoms with Crippen molar-refractivity contribution in [1.29, 1.82) is 0 Å². The minimum absolute atomic E-state index is 0.135. The van der Waals surface area contributed by atoms with Crippen LogP contribution in [-0.2, 0) is 10.2 Å². The van der Waals surface area contributed by atoms with Gasteiger partial charge in [0.1, 0.15) is 0 Å². The number of hydrogen-bond donors (Lipinski definition) is 3. The summed E-state index contributed by atoms with van der Waals surface area (Å²) in [7, 11) is -3.46. The normalized spacial score (nSPS) is 33.2. The maximum atomic E-state index is 12.2. The lowest BCUT2D eigenvalue weighted by molar-refractivity contribution is -0.00472. The fraction of sp³-hybridized carbons (Fsp3) is 1.00. The van der Waals surface area contributed by atoms with Gasteiger partial charge < -0.3 is 10.4 Å². The molecular formula is C13H27N3O3S. The first-order valence-electron chi connectivity index (χ1n) is 7.63. The molecule has 6 nitrogen and oxygen atoms in total. The number of nitrogens with one attached hydrogen (secondary N) is 2. The summed E-state index contributed by atoms with van der Waals surface area (Å²) >= 11 is 0. The fourth-order valence-electron chi connectivity index (χ4n) is 3.00. The fourth-order valence-corrected chi connectivity index (χ4v) is 4.30. The molecule has 0 radical (unpaired) electrons. The second kappa shape index (κ2) is 6.70. The van der Waals surface area contributed by atoms with Crippen LogP contribution < -0.4 is 10.0 Å². The van der Waals surface area contributed by atoms with E-state index in [-0.39, 0.29) is 6.54 Å². The highest BCUT2D eigenvalue weighted by Gasteiger charge is 2.34. The van der Waals surface area contributed by atoms with Crippen LogP contribution in [0.1, 0.15) is 39.0 Å². The summed E-state index contributed by atoms with van der Waals surface area (Å²) in [5.74, 6) is 0.681. The summed E-state index contributed by atoms with van der Waals surface area (Å²) in [6.45, 7) is 4.65. The van der Waals surface area contributed by atoms with Crippen molar-refractivity contribution < 1.29 is 13.5 Å². The predicted molar refractivity (Wildman–Crippen MR) is 78.6 cm³/mol. The monoisotopic (exact) mass is 305 g/mol. The van der Waals surface area contributed by atoms with Crippen LogP contribution in [0.15, 0.2) is 0 Å². The summed E-state index contributed by atoms with van der Waals surface area (Å²) in [5.41, 5.74) is -0.868. The summed E-state index contributed by atoms with van der Waals surface area (Å²) in [6.07, 6.45) is 4.50. The Labute approximate surface area is 122 Å². The average molecular weight is 305 g/mol. The molecule has 0 aromatic rings. The molecule has 118 valence electrons. The number of aliphatic hydroxyl groups is 1. The smallest absolute Gasteiger partial charge is 0.279 e. The van der Waals surface area contributed by atoms with Crippen molar-refractivity contribution in [3.63, 3.8) is 0 Å². The summed E-state index contributed by atoms with van der Waals surface area (Å²) in [6, 6.07) is 0. The minimum atomic E-state index is -3.46. The number of piperazine rings is 1. The van der Waals surface area contributed by atoms with Crippen LogP contribution >= 0.6 is 0 Å². The van der Waals surface area contributed by atoms with E-state index in [1.54, 1.807) is 0 Å². The Hall–Kier alpha value is -0.210. The van der Waals surface area contributed by atoms with Gasteiger partial charge in [-0.2, -0.15) is 17.4 Å². The third kappa shape index (κ3) is 4.14. The largest absolute Gasteiger partial charge is 0.389 e. The Balaban J connectivity index is 1.84. The molecule has 2 aliphatic rings. The van der Waals surface area contributed by atoms with Gasteiger partial charge in [0.15, 0.2) is 0 Å². The van der Waals surface area contributed by atoms with E-state index in [1.807, 2.05) is 0 Å². The number of rotatable bonds is 5. The molecule has 0 bridgehead atoms. The van der Waals surface area contributed by atoms with Crippen LogP contribution in [0.5, 0.6) is 0 Å². The molecule has 20 heavy (non-hydrogen) atoms. The minimum Gasteiger partial charge on any atom is -0.389 e. The van der Waals surface area contributed by atoms with E-state index < -0.39 is 15.8 Å². The van der Waals surface area contributed by atoms with E-state index >= 15 is 0 Å². The molecular weight excluding hydrogens is 278 g/mol. The lowest BCUT2D eigenvalue weighted by atomic mass is 9.78. The molecule has 0 unspecified atom stereocenters. The van der Waals surface area contributed by atoms with Gasteiger partial charge in [0.05, 0.1) is 5.60 Å². The second-order valence-electron chi connectivity index (χ2n) is 6.05. The molecule has 1 aliphatic carbocycles. The van der Waals surface area contributed by atoms with E-state index in [9.17, 15) is 13.5 Å². The molecule has 0 aromatic heterocycles. The topological polar surface area (TPSA) is 81.7 Å². The molecule has 1 aliphatic heterocycles. The lowest BCUT2D eigenvalue weighted by Crippen LogP contribution is -2.53. The highest BCUT2D eigenvalue weighted by Crippen LogP contribution is 2.33. The van der Waals surface area contributed by atoms with Gasteiger partial charge in [0.2, 0.25) is 0 Å². The van der Waals surface area contributed by atoms with E-state index in [4.69, 9.17) is 0 Å². The maximum Gasteiger partial charge on any atom is 0.279 e. The second-order valence-corrected chi connectivity index (χ2v) is 7.81. The Kier molecular flexibility index (Phi) is 5.42. The summed E-state index contributed by atoms with van der Waals surface area (Å²) in [5, 5.41) is 13.6. The quantitative estimate of drug-likeness (QED) is 0.671. The van der Waals surface area contributed by atoms with Crippen molar-refractivity contribution in [3.05, 3.63) is 0 Å². The standard InChI is InChI=1S/C13H27N3O3S/c1-2-12-3-5-13(17,6-4-12)11-15-20(18,19)16-9-7-14-8-10-16/h12,14-15,17H,2-11H2,1H3. The van der Waals surface area contributed by atoms with Crippen molar-refractivity contribution in [2.24, 2.45) is 5.92 Å². The Morgan fingerprint density at radius 2 is 1.90 bits per heavy atom. The van der Waals surface area contributed by atoms with E-state index in [0.717, 1.165) is 19.3 Å². The first kappa shape index (κ1) is 16.2. The van der Waals surface area contributed by atoms with Crippen LogP contribution in [0.3, 0.4) is 0 Å². The molecule has 0 atom stereocenters. The van der Waals surface area contributed by atoms with Crippen molar-refractivity contribution in [3.8, 4) is 0 Å². The molecule has 0 spiro atoms. The Bertz CT molecular complexity index is 399. The molecule has 7 heteroatoms. The maximum absolute atomic E-state index is 12.2. The molecule has 0 aromatic carbocycles. The van der Waals surface area contributed by atoms with Gasteiger partial charge in [0, 0.05) is 32.7 Å². The zero-order valence-corrected chi connectivity index (χ0v) is 13.1. The lowest BCUT2D eigenvalue weighted by Gasteiger charge is -2.36. The van der Waals surface area contributed by atoms with Crippen molar-refractivity contribution in [1.82, 2.24) is 14.3 Å². The highest BCUT2D eigenvalue weighted by atomic mass is 32.2. The zero-order chi connectivity index (χ0) is 14.6. The molecule has 1 saturated heterocycles. The van der Waals surface area contributed by atoms with Crippen LogP contribution in [0, 0.1) is 5.92 Å². The van der Waals surface area contributed by atoms with Gasteiger partial charge in [-0.15, -0.1) is 0 Å². The molecule has 2 fully saturated rings. The Morgan fingerprint density at radius 1 is 1.30 bits per heavy atom. The van der Waals surface area contributed by atoms with Gasteiger partial charge in [-0.1, -0.05) is 13.3 Å². The third-order valence-corrected chi connectivity index (χ3v) is 6.17. The van der Waals surface area contributed by atoms with Gasteiger partial charge >= 0.3 is 0 Å². The average Bonchev–Trinajstić information content (AvgIpc) is 2.47. The van der Waals surface area contributed by atoms with Crippen molar-refractivity contribution in [2.45, 2.75) is 44.6 Å². The van der Waals surface area contributed by atoms with E-state index in [0.29, 0.717) is 44.9 Å². The number of nitrogens with zero attached hydrogens (tertiary/aromatic N) is 1. The van der Waals surface area contributed by atoms with Crippen LogP contribution in [-0.4, -0.2) is 56.2 Å². The third-order valence-electron chi connectivity index (χ3n) is 4.61. The number of hydrogen-bond acceptors (Lipinski definition) is 4. The van der Waals surface area contributed by atoms with Crippen LogP contribution in [0.25, 0.3) is 0 Å².